The number of nitrogen functional groups attached to an aromatic ring is 1. The van der Waals surface area contributed by atoms with E-state index in [-0.39, 0.29) is 11.9 Å². The molecule has 2 aromatic rings. The molecule has 0 saturated carbocycles. The molecule has 4 heteroatoms. The number of rotatable bonds is 3. The summed E-state index contributed by atoms with van der Waals surface area (Å²) in [7, 11) is 0. The molecular formula is C14H16FN3. The van der Waals surface area contributed by atoms with E-state index < -0.39 is 0 Å². The SMILES string of the molecule is Cc1cnc(N)c(C(N)Cc2ccccc2F)c1. The van der Waals surface area contributed by atoms with Gasteiger partial charge in [-0.2, -0.15) is 0 Å². The van der Waals surface area contributed by atoms with Crippen LogP contribution < -0.4 is 11.5 Å². The second kappa shape index (κ2) is 5.14. The summed E-state index contributed by atoms with van der Waals surface area (Å²) in [5, 5.41) is 0. The van der Waals surface area contributed by atoms with Crippen molar-refractivity contribution in [3.63, 3.8) is 0 Å². The van der Waals surface area contributed by atoms with E-state index in [0.717, 1.165) is 11.1 Å². The summed E-state index contributed by atoms with van der Waals surface area (Å²) in [5.41, 5.74) is 14.2. The molecule has 0 bridgehead atoms. The van der Waals surface area contributed by atoms with E-state index in [1.54, 1.807) is 24.4 Å². The lowest BCUT2D eigenvalue weighted by Gasteiger charge is -2.15. The number of aromatic nitrogens is 1. The first kappa shape index (κ1) is 12.5. The maximum atomic E-state index is 13.5. The van der Waals surface area contributed by atoms with Crippen molar-refractivity contribution >= 4 is 5.82 Å². The Balaban J connectivity index is 2.25. The topological polar surface area (TPSA) is 64.9 Å². The van der Waals surface area contributed by atoms with Crippen LogP contribution in [0.2, 0.25) is 0 Å². The van der Waals surface area contributed by atoms with Crippen LogP contribution in [0.3, 0.4) is 0 Å². The van der Waals surface area contributed by atoms with Crippen LogP contribution in [0.25, 0.3) is 0 Å². The number of hydrogen-bond acceptors (Lipinski definition) is 3. The lowest BCUT2D eigenvalue weighted by molar-refractivity contribution is 0.593. The van der Waals surface area contributed by atoms with Gasteiger partial charge in [0, 0.05) is 17.8 Å². The number of benzene rings is 1. The van der Waals surface area contributed by atoms with Crippen molar-refractivity contribution in [1.29, 1.82) is 0 Å². The summed E-state index contributed by atoms with van der Waals surface area (Å²) < 4.78 is 13.5. The smallest absolute Gasteiger partial charge is 0.128 e. The number of nitrogens with two attached hydrogens (primary N) is 2. The summed E-state index contributed by atoms with van der Waals surface area (Å²) >= 11 is 0. The van der Waals surface area contributed by atoms with E-state index in [0.29, 0.717) is 17.8 Å². The fraction of sp³-hybridized carbons (Fsp3) is 0.214. The van der Waals surface area contributed by atoms with E-state index in [1.807, 2.05) is 13.0 Å². The van der Waals surface area contributed by atoms with Gasteiger partial charge in [0.2, 0.25) is 0 Å². The molecule has 0 saturated heterocycles. The molecule has 3 nitrogen and oxygen atoms in total. The first-order valence-electron chi connectivity index (χ1n) is 5.79. The van der Waals surface area contributed by atoms with Gasteiger partial charge in [-0.15, -0.1) is 0 Å². The Kier molecular flexibility index (Phi) is 3.58. The van der Waals surface area contributed by atoms with Gasteiger partial charge in [0.1, 0.15) is 11.6 Å². The maximum absolute atomic E-state index is 13.5. The third kappa shape index (κ3) is 2.65. The molecule has 1 aromatic carbocycles. The minimum absolute atomic E-state index is 0.243. The van der Waals surface area contributed by atoms with Gasteiger partial charge in [0.05, 0.1) is 0 Å². The van der Waals surface area contributed by atoms with Crippen LogP contribution in [0, 0.1) is 12.7 Å². The minimum atomic E-state index is -0.353. The highest BCUT2D eigenvalue weighted by molar-refractivity contribution is 5.43. The molecule has 18 heavy (non-hydrogen) atoms. The highest BCUT2D eigenvalue weighted by atomic mass is 19.1. The van der Waals surface area contributed by atoms with E-state index in [2.05, 4.69) is 4.98 Å². The molecule has 2 rings (SSSR count). The third-order valence-corrected chi connectivity index (χ3v) is 2.88. The first-order chi connectivity index (χ1) is 8.58. The summed E-state index contributed by atoms with van der Waals surface area (Å²) in [6.45, 7) is 1.92. The van der Waals surface area contributed by atoms with E-state index in [4.69, 9.17) is 11.5 Å². The Morgan fingerprint density at radius 2 is 2.06 bits per heavy atom. The molecule has 0 aliphatic rings. The molecule has 0 radical (unpaired) electrons. The quantitative estimate of drug-likeness (QED) is 0.872. The van der Waals surface area contributed by atoms with E-state index in [1.165, 1.54) is 6.07 Å². The van der Waals surface area contributed by atoms with E-state index >= 15 is 0 Å². The molecule has 1 unspecified atom stereocenters. The van der Waals surface area contributed by atoms with Crippen LogP contribution in [0.5, 0.6) is 0 Å². The molecular weight excluding hydrogens is 229 g/mol. The zero-order valence-electron chi connectivity index (χ0n) is 10.2. The Labute approximate surface area is 106 Å². The second-order valence-electron chi connectivity index (χ2n) is 4.39. The van der Waals surface area contributed by atoms with Crippen molar-refractivity contribution < 1.29 is 4.39 Å². The lowest BCUT2D eigenvalue weighted by Crippen LogP contribution is -2.16. The zero-order valence-corrected chi connectivity index (χ0v) is 10.2. The Hall–Kier alpha value is -1.94. The zero-order chi connectivity index (χ0) is 13.1. The van der Waals surface area contributed by atoms with Crippen molar-refractivity contribution in [1.82, 2.24) is 4.98 Å². The van der Waals surface area contributed by atoms with Crippen molar-refractivity contribution in [2.45, 2.75) is 19.4 Å². The van der Waals surface area contributed by atoms with Crippen LogP contribution in [0.4, 0.5) is 10.2 Å². The first-order valence-corrected chi connectivity index (χ1v) is 5.79. The average Bonchev–Trinajstić information content (AvgIpc) is 2.35. The van der Waals surface area contributed by atoms with Gasteiger partial charge in [0.15, 0.2) is 0 Å². The van der Waals surface area contributed by atoms with Crippen molar-refractivity contribution in [3.05, 3.63) is 59.0 Å². The van der Waals surface area contributed by atoms with Crippen LogP contribution >= 0.6 is 0 Å². The van der Waals surface area contributed by atoms with Crippen molar-refractivity contribution in [2.75, 3.05) is 5.73 Å². The van der Waals surface area contributed by atoms with Gasteiger partial charge in [-0.05, 0) is 36.6 Å². The largest absolute Gasteiger partial charge is 0.383 e. The molecule has 0 spiro atoms. The number of anilines is 1. The Morgan fingerprint density at radius 1 is 1.33 bits per heavy atom. The molecule has 1 heterocycles. The standard InChI is InChI=1S/C14H16FN3/c1-9-6-11(14(17)18-8-9)13(16)7-10-4-2-3-5-12(10)15/h2-6,8,13H,7,16H2,1H3,(H2,17,18). The molecule has 94 valence electrons. The molecule has 0 amide bonds. The predicted molar refractivity (Wildman–Crippen MR) is 70.4 cm³/mol. The fourth-order valence-electron chi connectivity index (χ4n) is 1.91. The number of hydrogen-bond donors (Lipinski definition) is 2. The molecule has 4 N–H and O–H groups in total. The predicted octanol–water partition coefficient (Wildman–Crippen LogP) is 2.35. The number of pyridine rings is 1. The van der Waals surface area contributed by atoms with Gasteiger partial charge < -0.3 is 11.5 Å². The number of nitrogens with zero attached hydrogens (tertiary/aromatic N) is 1. The normalized spacial score (nSPS) is 12.4. The summed E-state index contributed by atoms with van der Waals surface area (Å²) in [6.07, 6.45) is 2.09. The molecule has 1 aromatic heterocycles. The van der Waals surface area contributed by atoms with Gasteiger partial charge in [-0.25, -0.2) is 9.37 Å². The molecule has 0 aliphatic heterocycles. The van der Waals surface area contributed by atoms with Gasteiger partial charge in [-0.3, -0.25) is 0 Å². The highest BCUT2D eigenvalue weighted by Gasteiger charge is 2.13. The van der Waals surface area contributed by atoms with Gasteiger partial charge in [-0.1, -0.05) is 18.2 Å². The van der Waals surface area contributed by atoms with Crippen molar-refractivity contribution in [3.8, 4) is 0 Å². The summed E-state index contributed by atoms with van der Waals surface area (Å²) in [4.78, 5) is 4.07. The average molecular weight is 245 g/mol. The maximum Gasteiger partial charge on any atom is 0.128 e. The van der Waals surface area contributed by atoms with Crippen molar-refractivity contribution in [2.24, 2.45) is 5.73 Å². The summed E-state index contributed by atoms with van der Waals surface area (Å²) in [6, 6.07) is 8.16. The van der Waals surface area contributed by atoms with E-state index in [9.17, 15) is 4.39 Å². The van der Waals surface area contributed by atoms with Gasteiger partial charge >= 0.3 is 0 Å². The highest BCUT2D eigenvalue weighted by Crippen LogP contribution is 2.22. The van der Waals surface area contributed by atoms with Crippen LogP contribution in [-0.2, 0) is 6.42 Å². The third-order valence-electron chi connectivity index (χ3n) is 2.88. The van der Waals surface area contributed by atoms with Crippen LogP contribution in [-0.4, -0.2) is 4.98 Å². The minimum Gasteiger partial charge on any atom is -0.383 e. The Bertz CT molecular complexity index is 554. The van der Waals surface area contributed by atoms with Crippen LogP contribution in [0.1, 0.15) is 22.7 Å². The summed E-state index contributed by atoms with van der Waals surface area (Å²) in [5.74, 6) is 0.163. The Morgan fingerprint density at radius 3 is 2.78 bits per heavy atom. The lowest BCUT2D eigenvalue weighted by atomic mass is 9.99. The number of halogens is 1. The number of aryl methyl sites for hydroxylation is 1. The molecule has 0 aliphatic carbocycles. The molecule has 0 fully saturated rings. The second-order valence-corrected chi connectivity index (χ2v) is 4.39. The monoisotopic (exact) mass is 245 g/mol. The molecule has 1 atom stereocenters. The van der Waals surface area contributed by atoms with Gasteiger partial charge in [0.25, 0.3) is 0 Å². The van der Waals surface area contributed by atoms with Crippen LogP contribution in [0.15, 0.2) is 36.5 Å². The fourth-order valence-corrected chi connectivity index (χ4v) is 1.91.